The van der Waals surface area contributed by atoms with Crippen molar-refractivity contribution < 1.29 is 4.79 Å². The van der Waals surface area contributed by atoms with Crippen LogP contribution in [-0.4, -0.2) is 11.9 Å². The molecule has 1 rings (SSSR count). The largest absolute Gasteiger partial charge is 0.353 e. The first-order valence-electron chi connectivity index (χ1n) is 7.19. The van der Waals surface area contributed by atoms with Crippen molar-refractivity contribution in [3.05, 3.63) is 12.2 Å². The first-order valence-corrected chi connectivity index (χ1v) is 7.19. The summed E-state index contributed by atoms with van der Waals surface area (Å²) in [5.74, 6) is 0.482. The molecule has 0 radical (unpaired) electrons. The lowest BCUT2D eigenvalue weighted by Crippen LogP contribution is -2.37. The van der Waals surface area contributed by atoms with Crippen molar-refractivity contribution in [3.8, 4) is 0 Å². The zero-order valence-electron chi connectivity index (χ0n) is 11.4. The Labute approximate surface area is 106 Å². The molecular weight excluding hydrogens is 210 g/mol. The van der Waals surface area contributed by atoms with Gasteiger partial charge in [0.2, 0.25) is 5.91 Å². The van der Waals surface area contributed by atoms with Crippen molar-refractivity contribution >= 4 is 5.91 Å². The van der Waals surface area contributed by atoms with Gasteiger partial charge >= 0.3 is 0 Å². The molecule has 0 aromatic rings. The fourth-order valence-electron chi connectivity index (χ4n) is 2.34. The van der Waals surface area contributed by atoms with E-state index in [1.165, 1.54) is 25.7 Å². The molecule has 17 heavy (non-hydrogen) atoms. The summed E-state index contributed by atoms with van der Waals surface area (Å²) >= 11 is 0. The molecule has 0 aliphatic heterocycles. The summed E-state index contributed by atoms with van der Waals surface area (Å²) in [5.41, 5.74) is 0. The van der Waals surface area contributed by atoms with Crippen LogP contribution in [0.5, 0.6) is 0 Å². The molecule has 0 spiro atoms. The van der Waals surface area contributed by atoms with Crippen LogP contribution in [0, 0.1) is 5.92 Å². The number of nitrogens with one attached hydrogen (secondary N) is 1. The molecule has 1 aliphatic rings. The van der Waals surface area contributed by atoms with E-state index in [1.54, 1.807) is 0 Å². The van der Waals surface area contributed by atoms with Crippen LogP contribution in [-0.2, 0) is 4.79 Å². The van der Waals surface area contributed by atoms with Crippen molar-refractivity contribution in [2.75, 3.05) is 0 Å². The van der Waals surface area contributed by atoms with E-state index in [-0.39, 0.29) is 11.8 Å². The summed E-state index contributed by atoms with van der Waals surface area (Å²) < 4.78 is 0. The van der Waals surface area contributed by atoms with Gasteiger partial charge in [0.25, 0.3) is 0 Å². The van der Waals surface area contributed by atoms with Gasteiger partial charge in [0, 0.05) is 12.0 Å². The summed E-state index contributed by atoms with van der Waals surface area (Å²) in [6, 6.07) is 0.338. The number of rotatable bonds is 7. The number of amides is 1. The van der Waals surface area contributed by atoms with Gasteiger partial charge in [-0.1, -0.05) is 44.8 Å². The second kappa shape index (κ2) is 8.32. The second-order valence-corrected chi connectivity index (χ2v) is 5.24. The molecule has 1 N–H and O–H groups in total. The molecule has 0 aromatic heterocycles. The normalized spacial score (nSPS) is 21.2. The number of hydrogen-bond acceptors (Lipinski definition) is 1. The lowest BCUT2D eigenvalue weighted by atomic mass is 9.93. The summed E-state index contributed by atoms with van der Waals surface area (Å²) in [5, 5.41) is 3.15. The van der Waals surface area contributed by atoms with Gasteiger partial charge in [0.1, 0.15) is 0 Å². The molecule has 2 unspecified atom stereocenters. The molecule has 98 valence electrons. The highest BCUT2D eigenvalue weighted by Crippen LogP contribution is 2.18. The molecule has 0 aromatic carbocycles. The standard InChI is InChI=1S/C15H27NO/c1-3-4-5-7-10-13(2)16-15(17)14-11-8-6-9-12-14/h6,8,13-14H,3-5,7,9-12H2,1-2H3,(H,16,17). The maximum Gasteiger partial charge on any atom is 0.223 e. The van der Waals surface area contributed by atoms with Crippen LogP contribution in [0.25, 0.3) is 0 Å². The molecular formula is C15H27NO. The Morgan fingerprint density at radius 1 is 1.35 bits per heavy atom. The fraction of sp³-hybridized carbons (Fsp3) is 0.800. The number of hydrogen-bond donors (Lipinski definition) is 1. The van der Waals surface area contributed by atoms with Gasteiger partial charge in [-0.3, -0.25) is 4.79 Å². The molecule has 2 atom stereocenters. The van der Waals surface area contributed by atoms with E-state index >= 15 is 0 Å². The summed E-state index contributed by atoms with van der Waals surface area (Å²) in [6.45, 7) is 4.35. The van der Waals surface area contributed by atoms with Gasteiger partial charge in [-0.25, -0.2) is 0 Å². The predicted molar refractivity (Wildman–Crippen MR) is 72.8 cm³/mol. The van der Waals surface area contributed by atoms with Gasteiger partial charge in [-0.15, -0.1) is 0 Å². The molecule has 2 heteroatoms. The van der Waals surface area contributed by atoms with E-state index < -0.39 is 0 Å². The van der Waals surface area contributed by atoms with Crippen LogP contribution in [0.4, 0.5) is 0 Å². The zero-order chi connectivity index (χ0) is 12.5. The third-order valence-corrected chi connectivity index (χ3v) is 3.52. The van der Waals surface area contributed by atoms with E-state index in [1.807, 2.05) is 0 Å². The molecule has 1 amide bonds. The van der Waals surface area contributed by atoms with Crippen molar-refractivity contribution in [2.24, 2.45) is 5.92 Å². The highest BCUT2D eigenvalue weighted by Gasteiger charge is 2.19. The van der Waals surface area contributed by atoms with Crippen molar-refractivity contribution in [1.29, 1.82) is 0 Å². The summed E-state index contributed by atoms with van der Waals surface area (Å²) in [4.78, 5) is 12.0. The Kier molecular flexibility index (Phi) is 6.99. The van der Waals surface area contributed by atoms with Crippen LogP contribution in [0.3, 0.4) is 0 Å². The minimum absolute atomic E-state index is 0.220. The molecule has 0 bridgehead atoms. The van der Waals surface area contributed by atoms with Gasteiger partial charge in [-0.2, -0.15) is 0 Å². The van der Waals surface area contributed by atoms with Gasteiger partial charge in [-0.05, 0) is 32.6 Å². The Balaban J connectivity index is 2.14. The van der Waals surface area contributed by atoms with Crippen LogP contribution in [0.15, 0.2) is 12.2 Å². The third-order valence-electron chi connectivity index (χ3n) is 3.52. The Morgan fingerprint density at radius 2 is 2.18 bits per heavy atom. The van der Waals surface area contributed by atoms with E-state index in [4.69, 9.17) is 0 Å². The lowest BCUT2D eigenvalue weighted by molar-refractivity contribution is -0.125. The highest BCUT2D eigenvalue weighted by atomic mass is 16.1. The predicted octanol–water partition coefficient (Wildman–Crippen LogP) is 3.82. The molecule has 0 fully saturated rings. The first-order chi connectivity index (χ1) is 8.24. The van der Waals surface area contributed by atoms with Gasteiger partial charge < -0.3 is 5.32 Å². The van der Waals surface area contributed by atoms with E-state index in [9.17, 15) is 4.79 Å². The second-order valence-electron chi connectivity index (χ2n) is 5.24. The first kappa shape index (κ1) is 14.3. The topological polar surface area (TPSA) is 29.1 Å². The molecule has 0 saturated heterocycles. The van der Waals surface area contributed by atoms with Crippen molar-refractivity contribution in [2.45, 2.75) is 71.3 Å². The number of carbonyl (C=O) groups is 1. The van der Waals surface area contributed by atoms with Crippen LogP contribution in [0.1, 0.15) is 65.2 Å². The highest BCUT2D eigenvalue weighted by molar-refractivity contribution is 5.79. The maximum absolute atomic E-state index is 12.0. The summed E-state index contributed by atoms with van der Waals surface area (Å²) in [6.07, 6.45) is 13.6. The Bertz CT molecular complexity index is 247. The van der Waals surface area contributed by atoms with Crippen LogP contribution >= 0.6 is 0 Å². The van der Waals surface area contributed by atoms with Gasteiger partial charge in [0.05, 0.1) is 0 Å². The smallest absolute Gasteiger partial charge is 0.223 e. The van der Waals surface area contributed by atoms with E-state index in [2.05, 4.69) is 31.3 Å². The Hall–Kier alpha value is -0.790. The molecule has 0 saturated carbocycles. The maximum atomic E-state index is 12.0. The van der Waals surface area contributed by atoms with Crippen molar-refractivity contribution in [3.63, 3.8) is 0 Å². The lowest BCUT2D eigenvalue weighted by Gasteiger charge is -2.20. The minimum atomic E-state index is 0.220. The van der Waals surface area contributed by atoms with Crippen LogP contribution in [0.2, 0.25) is 0 Å². The molecule has 1 aliphatic carbocycles. The number of allylic oxidation sites excluding steroid dienone is 2. The molecule has 0 heterocycles. The summed E-state index contributed by atoms with van der Waals surface area (Å²) in [7, 11) is 0. The minimum Gasteiger partial charge on any atom is -0.353 e. The third kappa shape index (κ3) is 5.90. The molecule has 2 nitrogen and oxygen atoms in total. The SMILES string of the molecule is CCCCCCC(C)NC(=O)C1CC=CCC1. The monoisotopic (exact) mass is 237 g/mol. The zero-order valence-corrected chi connectivity index (χ0v) is 11.4. The van der Waals surface area contributed by atoms with E-state index in [0.29, 0.717) is 6.04 Å². The van der Waals surface area contributed by atoms with Crippen LogP contribution < -0.4 is 5.32 Å². The average molecular weight is 237 g/mol. The quantitative estimate of drug-likeness (QED) is 0.529. The number of carbonyl (C=O) groups excluding carboxylic acids is 1. The van der Waals surface area contributed by atoms with E-state index in [0.717, 1.165) is 25.7 Å². The van der Waals surface area contributed by atoms with Gasteiger partial charge in [0.15, 0.2) is 0 Å². The fourth-order valence-corrected chi connectivity index (χ4v) is 2.34. The van der Waals surface area contributed by atoms with Crippen molar-refractivity contribution in [1.82, 2.24) is 5.32 Å². The average Bonchev–Trinajstić information content (AvgIpc) is 2.36. The Morgan fingerprint density at radius 3 is 2.82 bits per heavy atom. The number of unbranched alkanes of at least 4 members (excludes halogenated alkanes) is 3.